The molecule has 1 aliphatic carbocycles. The first kappa shape index (κ1) is 26.2. The normalized spacial score (nSPS) is 13.9. The van der Waals surface area contributed by atoms with Gasteiger partial charge in [0.15, 0.2) is 0 Å². The number of hydrogen-bond donors (Lipinski definition) is 3. The molecule has 1 unspecified atom stereocenters. The highest BCUT2D eigenvalue weighted by Crippen LogP contribution is 2.23. The van der Waals surface area contributed by atoms with Gasteiger partial charge in [-0.2, -0.15) is 0 Å². The standard InChI is InChI=1S/C29H31ClN2O3/c1-3-20(2)16-17-31-19-22-10-14-24(15-11-22)23-12-8-21(9-13-23)18-27(29(34)35)32-28(33)25-6-4-5-7-26(25)30/h3,5,7-15,27,31H,1-2,4,6,16-19H2,(H,32,33)(H,34,35). The van der Waals surface area contributed by atoms with Gasteiger partial charge >= 0.3 is 5.97 Å². The average Bonchev–Trinajstić information content (AvgIpc) is 2.87. The van der Waals surface area contributed by atoms with Gasteiger partial charge in [0.1, 0.15) is 6.04 Å². The molecule has 35 heavy (non-hydrogen) atoms. The number of benzene rings is 2. The zero-order chi connectivity index (χ0) is 25.2. The molecule has 0 saturated carbocycles. The molecule has 5 nitrogen and oxygen atoms in total. The molecule has 182 valence electrons. The minimum Gasteiger partial charge on any atom is -0.480 e. The van der Waals surface area contributed by atoms with E-state index in [1.54, 1.807) is 12.2 Å². The van der Waals surface area contributed by atoms with Crippen LogP contribution in [0.5, 0.6) is 0 Å². The van der Waals surface area contributed by atoms with Crippen molar-refractivity contribution in [1.82, 2.24) is 10.6 Å². The maximum Gasteiger partial charge on any atom is 0.326 e. The van der Waals surface area contributed by atoms with E-state index in [9.17, 15) is 14.7 Å². The molecular formula is C29H31ClN2O3. The van der Waals surface area contributed by atoms with Crippen LogP contribution in [-0.4, -0.2) is 29.6 Å². The average molecular weight is 491 g/mol. The summed E-state index contributed by atoms with van der Waals surface area (Å²) in [6, 6.07) is 15.0. The third kappa shape index (κ3) is 7.81. The van der Waals surface area contributed by atoms with Gasteiger partial charge in [0.05, 0.1) is 0 Å². The summed E-state index contributed by atoms with van der Waals surface area (Å²) in [7, 11) is 0. The molecule has 0 heterocycles. The van der Waals surface area contributed by atoms with E-state index in [2.05, 4.69) is 48.1 Å². The molecule has 1 amide bonds. The van der Waals surface area contributed by atoms with Crippen LogP contribution in [0.25, 0.3) is 11.1 Å². The van der Waals surface area contributed by atoms with E-state index in [1.807, 2.05) is 30.3 Å². The number of amides is 1. The summed E-state index contributed by atoms with van der Waals surface area (Å²) in [4.78, 5) is 24.3. The van der Waals surface area contributed by atoms with Crippen LogP contribution in [0.4, 0.5) is 0 Å². The summed E-state index contributed by atoms with van der Waals surface area (Å²) >= 11 is 6.11. The fourth-order valence-electron chi connectivity index (χ4n) is 3.77. The quantitative estimate of drug-likeness (QED) is 0.270. The van der Waals surface area contributed by atoms with Gasteiger partial charge in [-0.3, -0.25) is 4.79 Å². The number of carboxylic acid groups (broad SMARTS) is 1. The number of halogens is 1. The second-order valence-electron chi connectivity index (χ2n) is 8.52. The van der Waals surface area contributed by atoms with Crippen LogP contribution >= 0.6 is 11.6 Å². The second-order valence-corrected chi connectivity index (χ2v) is 8.93. The van der Waals surface area contributed by atoms with Gasteiger partial charge in [-0.15, -0.1) is 0 Å². The first-order valence-electron chi connectivity index (χ1n) is 11.7. The Bertz CT molecular complexity index is 1130. The highest BCUT2D eigenvalue weighted by molar-refractivity contribution is 6.33. The second kappa shape index (κ2) is 12.9. The van der Waals surface area contributed by atoms with Crippen LogP contribution in [0.2, 0.25) is 0 Å². The highest BCUT2D eigenvalue weighted by atomic mass is 35.5. The predicted octanol–water partition coefficient (Wildman–Crippen LogP) is 5.53. The lowest BCUT2D eigenvalue weighted by Crippen LogP contribution is -2.43. The molecule has 3 rings (SSSR count). The van der Waals surface area contributed by atoms with E-state index in [1.165, 1.54) is 5.56 Å². The van der Waals surface area contributed by atoms with Gasteiger partial charge in [-0.1, -0.05) is 91.0 Å². The van der Waals surface area contributed by atoms with E-state index in [0.29, 0.717) is 23.4 Å². The summed E-state index contributed by atoms with van der Waals surface area (Å²) < 4.78 is 0. The summed E-state index contributed by atoms with van der Waals surface area (Å²) in [5, 5.41) is 16.0. The van der Waals surface area contributed by atoms with E-state index < -0.39 is 17.9 Å². The molecule has 0 fully saturated rings. The van der Waals surface area contributed by atoms with Crippen LogP contribution in [0, 0.1) is 0 Å². The smallest absolute Gasteiger partial charge is 0.326 e. The zero-order valence-corrected chi connectivity index (χ0v) is 20.5. The van der Waals surface area contributed by atoms with Crippen LogP contribution in [0.1, 0.15) is 30.4 Å². The molecule has 0 saturated heterocycles. The van der Waals surface area contributed by atoms with Crippen LogP contribution in [0.3, 0.4) is 0 Å². The number of carbonyl (C=O) groups excluding carboxylic acids is 1. The van der Waals surface area contributed by atoms with Crippen LogP contribution < -0.4 is 10.6 Å². The van der Waals surface area contributed by atoms with Crippen molar-refractivity contribution in [2.24, 2.45) is 0 Å². The Hall–Kier alpha value is -3.41. The number of hydrogen-bond acceptors (Lipinski definition) is 3. The third-order valence-electron chi connectivity index (χ3n) is 5.91. The fourth-order valence-corrected chi connectivity index (χ4v) is 4.04. The van der Waals surface area contributed by atoms with Gasteiger partial charge in [-0.25, -0.2) is 4.79 Å². The Morgan fingerprint density at radius 2 is 1.69 bits per heavy atom. The van der Waals surface area contributed by atoms with E-state index >= 15 is 0 Å². The topological polar surface area (TPSA) is 78.4 Å². The Morgan fingerprint density at radius 1 is 1.06 bits per heavy atom. The van der Waals surface area contributed by atoms with Gasteiger partial charge in [0.2, 0.25) is 5.91 Å². The van der Waals surface area contributed by atoms with Gasteiger partial charge in [0.25, 0.3) is 0 Å². The van der Waals surface area contributed by atoms with Crippen molar-refractivity contribution in [3.8, 4) is 11.1 Å². The molecule has 1 atom stereocenters. The van der Waals surface area contributed by atoms with Crippen LogP contribution in [-0.2, 0) is 22.6 Å². The van der Waals surface area contributed by atoms with Crippen LogP contribution in [0.15, 0.2) is 96.1 Å². The molecular weight excluding hydrogens is 460 g/mol. The summed E-state index contributed by atoms with van der Waals surface area (Å²) in [5.74, 6) is -1.51. The lowest BCUT2D eigenvalue weighted by molar-refractivity contribution is -0.141. The van der Waals surface area contributed by atoms with Gasteiger partial charge in [0, 0.05) is 23.6 Å². The molecule has 0 aromatic heterocycles. The predicted molar refractivity (Wildman–Crippen MR) is 142 cm³/mol. The molecule has 3 N–H and O–H groups in total. The number of carboxylic acids is 1. The van der Waals surface area contributed by atoms with Gasteiger partial charge < -0.3 is 15.7 Å². The van der Waals surface area contributed by atoms with Crippen molar-refractivity contribution in [3.05, 3.63) is 107 Å². The minimum atomic E-state index is -1.08. The van der Waals surface area contributed by atoms with Crippen molar-refractivity contribution in [2.75, 3.05) is 6.54 Å². The SMILES string of the molecule is C=CC(=C)CCNCc1ccc(-c2ccc(CC(NC(=O)C3=C(Cl)C=CCC3)C(=O)O)cc2)cc1. The van der Waals surface area contributed by atoms with E-state index in [4.69, 9.17) is 11.6 Å². The Morgan fingerprint density at radius 3 is 2.26 bits per heavy atom. The number of carbonyl (C=O) groups is 2. The van der Waals surface area contributed by atoms with Crippen molar-refractivity contribution in [1.29, 1.82) is 0 Å². The minimum absolute atomic E-state index is 0.185. The number of allylic oxidation sites excluding steroid dienone is 4. The first-order valence-corrected chi connectivity index (χ1v) is 12.0. The molecule has 2 aromatic rings. The first-order chi connectivity index (χ1) is 16.9. The Labute approximate surface area is 211 Å². The number of aliphatic carboxylic acids is 1. The molecule has 0 aliphatic heterocycles. The third-order valence-corrected chi connectivity index (χ3v) is 6.27. The maximum atomic E-state index is 12.5. The largest absolute Gasteiger partial charge is 0.480 e. The highest BCUT2D eigenvalue weighted by Gasteiger charge is 2.24. The molecule has 0 radical (unpaired) electrons. The molecule has 0 spiro atoms. The molecule has 2 aromatic carbocycles. The summed E-state index contributed by atoms with van der Waals surface area (Å²) in [6.45, 7) is 9.27. The fraction of sp³-hybridized carbons (Fsp3) is 0.241. The number of nitrogens with one attached hydrogen (secondary N) is 2. The van der Waals surface area contributed by atoms with Crippen molar-refractivity contribution in [2.45, 2.75) is 38.3 Å². The number of rotatable bonds is 12. The molecule has 1 aliphatic rings. The van der Waals surface area contributed by atoms with Crippen molar-refractivity contribution < 1.29 is 14.7 Å². The molecule has 0 bridgehead atoms. The lowest BCUT2D eigenvalue weighted by Gasteiger charge is -2.18. The monoisotopic (exact) mass is 490 g/mol. The maximum absolute atomic E-state index is 12.5. The Kier molecular flexibility index (Phi) is 9.65. The van der Waals surface area contributed by atoms with E-state index in [-0.39, 0.29) is 6.42 Å². The van der Waals surface area contributed by atoms with Gasteiger partial charge in [-0.05, 0) is 54.1 Å². The zero-order valence-electron chi connectivity index (χ0n) is 19.7. The summed E-state index contributed by atoms with van der Waals surface area (Å²) in [6.07, 6.45) is 7.63. The lowest BCUT2D eigenvalue weighted by atomic mass is 9.99. The van der Waals surface area contributed by atoms with Crippen molar-refractivity contribution in [3.63, 3.8) is 0 Å². The van der Waals surface area contributed by atoms with E-state index in [0.717, 1.165) is 41.8 Å². The molecule has 6 heteroatoms. The summed E-state index contributed by atoms with van der Waals surface area (Å²) in [5.41, 5.74) is 5.59. The van der Waals surface area contributed by atoms with Crippen molar-refractivity contribution >= 4 is 23.5 Å². The Balaban J connectivity index is 1.57.